The summed E-state index contributed by atoms with van der Waals surface area (Å²) in [7, 11) is 1.72. The zero-order valence-electron chi connectivity index (χ0n) is 11.4. The van der Waals surface area contributed by atoms with Crippen molar-refractivity contribution in [3.63, 3.8) is 0 Å². The predicted molar refractivity (Wildman–Crippen MR) is 73.5 cm³/mol. The molecule has 0 heterocycles. The van der Waals surface area contributed by atoms with E-state index < -0.39 is 0 Å². The summed E-state index contributed by atoms with van der Waals surface area (Å²) in [5.41, 5.74) is 0.824. The summed E-state index contributed by atoms with van der Waals surface area (Å²) >= 11 is 0. The smallest absolute Gasteiger partial charge is 0.125 e. The van der Waals surface area contributed by atoms with Crippen LogP contribution in [0.5, 0.6) is 0 Å². The Kier molecular flexibility index (Phi) is 6.68. The van der Waals surface area contributed by atoms with Gasteiger partial charge in [-0.2, -0.15) is 0 Å². The highest BCUT2D eigenvalue weighted by Crippen LogP contribution is 2.08. The lowest BCUT2D eigenvalue weighted by Gasteiger charge is -2.27. The van der Waals surface area contributed by atoms with Crippen molar-refractivity contribution in [2.45, 2.75) is 19.9 Å². The van der Waals surface area contributed by atoms with E-state index in [9.17, 15) is 4.39 Å². The zero-order valence-corrected chi connectivity index (χ0v) is 11.4. The predicted octanol–water partition coefficient (Wildman–Crippen LogP) is 2.59. The minimum Gasteiger partial charge on any atom is -0.384 e. The summed E-state index contributed by atoms with van der Waals surface area (Å²) in [6.45, 7) is 7.70. The van der Waals surface area contributed by atoms with Gasteiger partial charge in [-0.15, -0.1) is 0 Å². The van der Waals surface area contributed by atoms with Crippen molar-refractivity contribution in [2.24, 2.45) is 0 Å². The van der Waals surface area contributed by atoms with Crippen LogP contribution in [-0.4, -0.2) is 44.3 Å². The van der Waals surface area contributed by atoms with Crippen LogP contribution in [-0.2, 0) is 4.74 Å². The number of ether oxygens (including phenoxy) is 1. The van der Waals surface area contributed by atoms with Gasteiger partial charge >= 0.3 is 0 Å². The summed E-state index contributed by atoms with van der Waals surface area (Å²) in [6.07, 6.45) is 0. The van der Waals surface area contributed by atoms with Gasteiger partial charge in [0.15, 0.2) is 0 Å². The van der Waals surface area contributed by atoms with E-state index in [1.807, 2.05) is 6.07 Å². The molecule has 0 amide bonds. The first-order chi connectivity index (χ1) is 8.67. The molecule has 3 nitrogen and oxygen atoms in total. The Balaban J connectivity index is 2.35. The number of benzene rings is 1. The van der Waals surface area contributed by atoms with Gasteiger partial charge in [-0.1, -0.05) is 13.0 Å². The Morgan fingerprint density at radius 2 is 2.22 bits per heavy atom. The topological polar surface area (TPSA) is 24.5 Å². The van der Waals surface area contributed by atoms with Crippen LogP contribution in [0.25, 0.3) is 0 Å². The summed E-state index contributed by atoms with van der Waals surface area (Å²) in [4.78, 5) is 2.33. The van der Waals surface area contributed by atoms with Crippen LogP contribution in [0.4, 0.5) is 10.1 Å². The number of anilines is 1. The largest absolute Gasteiger partial charge is 0.384 e. The summed E-state index contributed by atoms with van der Waals surface area (Å²) in [5, 5.41) is 3.22. The van der Waals surface area contributed by atoms with Crippen LogP contribution in [0.3, 0.4) is 0 Å². The molecule has 0 aliphatic carbocycles. The summed E-state index contributed by atoms with van der Waals surface area (Å²) in [6, 6.07) is 6.94. The fourth-order valence-electron chi connectivity index (χ4n) is 1.98. The van der Waals surface area contributed by atoms with Crippen molar-refractivity contribution < 1.29 is 9.13 Å². The lowest BCUT2D eigenvalue weighted by atomic mass is 10.3. The molecule has 1 N–H and O–H groups in total. The number of halogens is 1. The normalized spacial score (nSPS) is 12.7. The third-order valence-electron chi connectivity index (χ3n) is 2.99. The highest BCUT2D eigenvalue weighted by atomic mass is 19.1. The van der Waals surface area contributed by atoms with Crippen LogP contribution in [0.1, 0.15) is 13.8 Å². The molecule has 18 heavy (non-hydrogen) atoms. The number of hydrogen-bond acceptors (Lipinski definition) is 3. The maximum atomic E-state index is 13.0. The van der Waals surface area contributed by atoms with Gasteiger partial charge in [0.2, 0.25) is 0 Å². The van der Waals surface area contributed by atoms with Crippen LogP contribution in [0, 0.1) is 5.82 Å². The molecule has 4 heteroatoms. The first-order valence-corrected chi connectivity index (χ1v) is 6.39. The third kappa shape index (κ3) is 5.02. The molecule has 0 bridgehead atoms. The van der Waals surface area contributed by atoms with Crippen LogP contribution >= 0.6 is 0 Å². The highest BCUT2D eigenvalue weighted by molar-refractivity contribution is 5.42. The fourth-order valence-corrected chi connectivity index (χ4v) is 1.98. The average molecular weight is 254 g/mol. The molecule has 1 rings (SSSR count). The third-order valence-corrected chi connectivity index (χ3v) is 2.99. The number of methoxy groups -OCH3 is 1. The molecule has 1 aromatic carbocycles. The number of rotatable bonds is 8. The highest BCUT2D eigenvalue weighted by Gasteiger charge is 2.10. The van der Waals surface area contributed by atoms with E-state index in [4.69, 9.17) is 4.74 Å². The molecule has 0 aliphatic rings. The Labute approximate surface area is 109 Å². The van der Waals surface area contributed by atoms with Gasteiger partial charge in [0.1, 0.15) is 5.82 Å². The minimum absolute atomic E-state index is 0.208. The SMILES string of the molecule is CCN(CCNc1cccc(F)c1)C(C)COC. The second-order valence-corrected chi connectivity index (χ2v) is 4.37. The molecule has 0 saturated heterocycles. The van der Waals surface area contributed by atoms with Gasteiger partial charge in [-0.3, -0.25) is 4.90 Å². The van der Waals surface area contributed by atoms with Gasteiger partial charge in [0.25, 0.3) is 0 Å². The zero-order chi connectivity index (χ0) is 13.4. The first-order valence-electron chi connectivity index (χ1n) is 6.39. The fraction of sp³-hybridized carbons (Fsp3) is 0.571. The lowest BCUT2D eigenvalue weighted by molar-refractivity contribution is 0.105. The van der Waals surface area contributed by atoms with Crippen molar-refractivity contribution in [2.75, 3.05) is 38.7 Å². The van der Waals surface area contributed by atoms with Gasteiger partial charge in [0, 0.05) is 31.9 Å². The van der Waals surface area contributed by atoms with E-state index in [2.05, 4.69) is 24.1 Å². The van der Waals surface area contributed by atoms with Gasteiger partial charge in [-0.25, -0.2) is 4.39 Å². The van der Waals surface area contributed by atoms with Gasteiger partial charge in [-0.05, 0) is 31.7 Å². The van der Waals surface area contributed by atoms with E-state index >= 15 is 0 Å². The average Bonchev–Trinajstić information content (AvgIpc) is 2.35. The summed E-state index contributed by atoms with van der Waals surface area (Å²) in [5.74, 6) is -0.208. The maximum Gasteiger partial charge on any atom is 0.125 e. The van der Waals surface area contributed by atoms with Crippen LogP contribution < -0.4 is 5.32 Å². The standard InChI is InChI=1S/C14H23FN2O/c1-4-17(12(2)11-18-3)9-8-16-14-7-5-6-13(15)10-14/h5-7,10,12,16H,4,8-9,11H2,1-3H3. The number of likely N-dealkylation sites (N-methyl/N-ethyl adjacent to an activating group) is 1. The monoisotopic (exact) mass is 254 g/mol. The first kappa shape index (κ1) is 14.9. The molecule has 0 aromatic heterocycles. The van der Waals surface area contributed by atoms with Crippen molar-refractivity contribution >= 4 is 5.69 Å². The Hall–Kier alpha value is -1.13. The number of nitrogens with one attached hydrogen (secondary N) is 1. The van der Waals surface area contributed by atoms with Crippen molar-refractivity contribution in [3.8, 4) is 0 Å². The van der Waals surface area contributed by atoms with E-state index in [1.165, 1.54) is 12.1 Å². The second-order valence-electron chi connectivity index (χ2n) is 4.37. The molecule has 102 valence electrons. The maximum absolute atomic E-state index is 13.0. The molecular formula is C14H23FN2O. The molecule has 0 aliphatic heterocycles. The molecule has 1 atom stereocenters. The van der Waals surface area contributed by atoms with Crippen LogP contribution in [0.2, 0.25) is 0 Å². The molecular weight excluding hydrogens is 231 g/mol. The minimum atomic E-state index is -0.208. The van der Waals surface area contributed by atoms with E-state index in [1.54, 1.807) is 13.2 Å². The Morgan fingerprint density at radius 1 is 1.44 bits per heavy atom. The molecule has 0 saturated carbocycles. The molecule has 1 unspecified atom stereocenters. The quantitative estimate of drug-likeness (QED) is 0.771. The van der Waals surface area contributed by atoms with E-state index in [-0.39, 0.29) is 5.82 Å². The van der Waals surface area contributed by atoms with E-state index in [0.29, 0.717) is 6.04 Å². The van der Waals surface area contributed by atoms with E-state index in [0.717, 1.165) is 31.9 Å². The van der Waals surface area contributed by atoms with Crippen LogP contribution in [0.15, 0.2) is 24.3 Å². The molecule has 1 aromatic rings. The molecule has 0 radical (unpaired) electrons. The summed E-state index contributed by atoms with van der Waals surface area (Å²) < 4.78 is 18.1. The van der Waals surface area contributed by atoms with Crippen molar-refractivity contribution in [1.29, 1.82) is 0 Å². The Morgan fingerprint density at radius 3 is 2.83 bits per heavy atom. The molecule has 0 spiro atoms. The molecule has 0 fully saturated rings. The van der Waals surface area contributed by atoms with Gasteiger partial charge < -0.3 is 10.1 Å². The number of hydrogen-bond donors (Lipinski definition) is 1. The Bertz CT molecular complexity index is 346. The lowest BCUT2D eigenvalue weighted by Crippen LogP contribution is -2.39. The van der Waals surface area contributed by atoms with Crippen molar-refractivity contribution in [1.82, 2.24) is 4.90 Å². The van der Waals surface area contributed by atoms with Gasteiger partial charge in [0.05, 0.1) is 6.61 Å². The number of nitrogens with zero attached hydrogens (tertiary/aromatic N) is 1. The van der Waals surface area contributed by atoms with Crippen molar-refractivity contribution in [3.05, 3.63) is 30.1 Å². The second kappa shape index (κ2) is 8.06.